The molecule has 0 radical (unpaired) electrons. The number of amides is 1. The Balaban J connectivity index is 1.51. The quantitative estimate of drug-likeness (QED) is 0.511. The van der Waals surface area contributed by atoms with Crippen molar-refractivity contribution in [2.45, 2.75) is 19.1 Å². The van der Waals surface area contributed by atoms with Crippen LogP contribution in [0, 0.1) is 6.92 Å². The van der Waals surface area contributed by atoms with Gasteiger partial charge in [-0.3, -0.25) is 4.79 Å². The monoisotopic (exact) mass is 426 g/mol. The van der Waals surface area contributed by atoms with Crippen molar-refractivity contribution >= 4 is 11.6 Å². The predicted molar refractivity (Wildman–Crippen MR) is 120 cm³/mol. The average molecular weight is 426 g/mol. The first-order valence-corrected chi connectivity index (χ1v) is 10.3. The Hall–Kier alpha value is -3.90. The first-order valence-electron chi connectivity index (χ1n) is 10.3. The number of hydrogen-bond acceptors (Lipinski definition) is 5. The number of methoxy groups -OCH3 is 1. The molecule has 0 saturated carbocycles. The summed E-state index contributed by atoms with van der Waals surface area (Å²) in [7, 11) is 1.62. The highest BCUT2D eigenvalue weighted by molar-refractivity contribution is 6.09. The van der Waals surface area contributed by atoms with Gasteiger partial charge in [0.1, 0.15) is 17.2 Å². The maximum absolute atomic E-state index is 13.6. The first kappa shape index (κ1) is 20.0. The van der Waals surface area contributed by atoms with Gasteiger partial charge in [0.05, 0.1) is 19.3 Å². The summed E-state index contributed by atoms with van der Waals surface area (Å²) in [6.45, 7) is 2.02. The number of aryl methyl sites for hydroxylation is 1. The fourth-order valence-electron chi connectivity index (χ4n) is 4.13. The number of para-hydroxylation sites is 1. The Morgan fingerprint density at radius 1 is 1.00 bits per heavy atom. The number of fused-ring (bicyclic) bond motifs is 1. The van der Waals surface area contributed by atoms with Gasteiger partial charge in [0.25, 0.3) is 5.91 Å². The number of ether oxygens (including phenoxy) is 1. The van der Waals surface area contributed by atoms with Crippen molar-refractivity contribution in [3.05, 3.63) is 101 Å². The van der Waals surface area contributed by atoms with Crippen LogP contribution < -0.4 is 9.64 Å². The minimum absolute atomic E-state index is 0.191. The van der Waals surface area contributed by atoms with Gasteiger partial charge in [-0.2, -0.15) is 0 Å². The molecule has 0 saturated heterocycles. The van der Waals surface area contributed by atoms with E-state index in [9.17, 15) is 9.90 Å². The summed E-state index contributed by atoms with van der Waals surface area (Å²) in [5.41, 5.74) is 1.47. The molecule has 0 aliphatic carbocycles. The molecule has 0 spiro atoms. The van der Waals surface area contributed by atoms with Crippen LogP contribution in [-0.2, 0) is 16.9 Å². The van der Waals surface area contributed by atoms with E-state index in [0.29, 0.717) is 34.2 Å². The Morgan fingerprint density at radius 3 is 2.41 bits per heavy atom. The van der Waals surface area contributed by atoms with Crippen LogP contribution in [0.2, 0.25) is 0 Å². The molecule has 3 aromatic carbocycles. The summed E-state index contributed by atoms with van der Waals surface area (Å²) in [6.07, 6.45) is 0. The normalized spacial score (nSPS) is 17.5. The molecule has 1 aliphatic heterocycles. The van der Waals surface area contributed by atoms with Crippen molar-refractivity contribution in [3.8, 4) is 17.2 Å². The largest absolute Gasteiger partial charge is 0.497 e. The van der Waals surface area contributed by atoms with Gasteiger partial charge in [-0.25, -0.2) is 4.98 Å². The zero-order valence-corrected chi connectivity index (χ0v) is 17.8. The predicted octanol–water partition coefficient (Wildman–Crippen LogP) is 4.44. The molecule has 4 aromatic rings. The molecule has 1 unspecified atom stereocenters. The van der Waals surface area contributed by atoms with Crippen LogP contribution in [0.3, 0.4) is 0 Å². The lowest BCUT2D eigenvalue weighted by Gasteiger charge is -2.23. The van der Waals surface area contributed by atoms with Crippen molar-refractivity contribution in [2.24, 2.45) is 0 Å². The number of hydrogen-bond donors (Lipinski definition) is 1. The van der Waals surface area contributed by atoms with Crippen molar-refractivity contribution in [1.29, 1.82) is 0 Å². The molecule has 5 rings (SSSR count). The van der Waals surface area contributed by atoms with E-state index in [-0.39, 0.29) is 6.54 Å². The number of carbonyl (C=O) groups excluding carboxylic acids is 1. The minimum Gasteiger partial charge on any atom is -0.497 e. The van der Waals surface area contributed by atoms with Gasteiger partial charge in [-0.1, -0.05) is 48.5 Å². The molecule has 6 nitrogen and oxygen atoms in total. The third-order valence-corrected chi connectivity index (χ3v) is 5.87. The number of aliphatic hydroxyl groups is 1. The fourth-order valence-corrected chi connectivity index (χ4v) is 4.13. The Kier molecular flexibility index (Phi) is 4.79. The van der Waals surface area contributed by atoms with Gasteiger partial charge in [0.2, 0.25) is 5.89 Å². The molecule has 1 aromatic heterocycles. The third-order valence-electron chi connectivity index (χ3n) is 5.87. The van der Waals surface area contributed by atoms with Gasteiger partial charge in [0, 0.05) is 11.1 Å². The number of carbonyl (C=O) groups is 1. The number of aromatic nitrogens is 1. The standard InChI is InChI=1S/C26H22N2O4/c1-17-22(27-24(32-17)18-12-14-20(31-2)15-13-18)16-28-23-11-7-6-10-21(23)26(30,25(28)29)19-8-4-3-5-9-19/h3-15,30H,16H2,1-2H3. The molecular formula is C26H22N2O4. The van der Waals surface area contributed by atoms with Gasteiger partial charge in [-0.15, -0.1) is 0 Å². The molecule has 1 N–H and O–H groups in total. The number of benzene rings is 3. The highest BCUT2D eigenvalue weighted by Crippen LogP contribution is 2.45. The molecule has 160 valence electrons. The number of anilines is 1. The van der Waals surface area contributed by atoms with Gasteiger partial charge in [-0.05, 0) is 42.8 Å². The number of oxazole rings is 1. The third kappa shape index (κ3) is 3.08. The number of nitrogens with zero attached hydrogens (tertiary/aromatic N) is 2. The molecule has 1 amide bonds. The molecule has 32 heavy (non-hydrogen) atoms. The van der Waals surface area contributed by atoms with Crippen LogP contribution in [0.25, 0.3) is 11.5 Å². The van der Waals surface area contributed by atoms with E-state index in [4.69, 9.17) is 9.15 Å². The zero-order chi connectivity index (χ0) is 22.3. The Labute approximate surface area is 185 Å². The summed E-state index contributed by atoms with van der Waals surface area (Å²) in [6, 6.07) is 23.8. The average Bonchev–Trinajstić information content (AvgIpc) is 3.31. The van der Waals surface area contributed by atoms with E-state index in [1.807, 2.05) is 67.6 Å². The van der Waals surface area contributed by atoms with Crippen LogP contribution in [0.1, 0.15) is 22.6 Å². The molecule has 0 fully saturated rings. The van der Waals surface area contributed by atoms with Crippen LogP contribution >= 0.6 is 0 Å². The van der Waals surface area contributed by atoms with E-state index in [1.54, 1.807) is 30.2 Å². The maximum Gasteiger partial charge on any atom is 0.268 e. The lowest BCUT2D eigenvalue weighted by molar-refractivity contribution is -0.132. The van der Waals surface area contributed by atoms with Crippen molar-refractivity contribution in [1.82, 2.24) is 4.98 Å². The molecule has 1 atom stereocenters. The van der Waals surface area contributed by atoms with Crippen molar-refractivity contribution < 1.29 is 19.1 Å². The van der Waals surface area contributed by atoms with Crippen molar-refractivity contribution in [2.75, 3.05) is 12.0 Å². The SMILES string of the molecule is COc1ccc(-c2nc(CN3C(=O)C(O)(c4ccccc4)c4ccccc43)c(C)o2)cc1. The summed E-state index contributed by atoms with van der Waals surface area (Å²) >= 11 is 0. The highest BCUT2D eigenvalue weighted by atomic mass is 16.5. The van der Waals surface area contributed by atoms with E-state index < -0.39 is 11.5 Å². The van der Waals surface area contributed by atoms with Crippen LogP contribution in [-0.4, -0.2) is 23.1 Å². The van der Waals surface area contributed by atoms with Crippen LogP contribution in [0.4, 0.5) is 5.69 Å². The lowest BCUT2D eigenvalue weighted by atomic mass is 9.88. The topological polar surface area (TPSA) is 75.8 Å². The van der Waals surface area contributed by atoms with Crippen molar-refractivity contribution in [3.63, 3.8) is 0 Å². The van der Waals surface area contributed by atoms with E-state index in [0.717, 1.165) is 11.3 Å². The molecule has 6 heteroatoms. The first-order chi connectivity index (χ1) is 15.5. The van der Waals surface area contributed by atoms with Gasteiger partial charge < -0.3 is 19.2 Å². The molecule has 1 aliphatic rings. The minimum atomic E-state index is -1.74. The maximum atomic E-state index is 13.6. The summed E-state index contributed by atoms with van der Waals surface area (Å²) in [4.78, 5) is 19.8. The van der Waals surface area contributed by atoms with Gasteiger partial charge in [0.15, 0.2) is 5.60 Å². The zero-order valence-electron chi connectivity index (χ0n) is 17.8. The second-order valence-electron chi connectivity index (χ2n) is 7.74. The smallest absolute Gasteiger partial charge is 0.268 e. The second kappa shape index (κ2) is 7.66. The fraction of sp³-hybridized carbons (Fsp3) is 0.154. The summed E-state index contributed by atoms with van der Waals surface area (Å²) < 4.78 is 11.1. The number of rotatable bonds is 5. The van der Waals surface area contributed by atoms with E-state index in [2.05, 4.69) is 4.98 Å². The van der Waals surface area contributed by atoms with E-state index in [1.165, 1.54) is 0 Å². The lowest BCUT2D eigenvalue weighted by Crippen LogP contribution is -2.41. The Bertz CT molecular complexity index is 1280. The highest BCUT2D eigenvalue weighted by Gasteiger charge is 2.51. The Morgan fingerprint density at radius 2 is 1.69 bits per heavy atom. The van der Waals surface area contributed by atoms with Crippen LogP contribution in [0.15, 0.2) is 83.3 Å². The molecule has 0 bridgehead atoms. The molecule has 2 heterocycles. The van der Waals surface area contributed by atoms with Gasteiger partial charge >= 0.3 is 0 Å². The summed E-state index contributed by atoms with van der Waals surface area (Å²) in [5.74, 6) is 1.43. The van der Waals surface area contributed by atoms with Crippen LogP contribution in [0.5, 0.6) is 5.75 Å². The molecular weight excluding hydrogens is 404 g/mol. The summed E-state index contributed by atoms with van der Waals surface area (Å²) in [5, 5.41) is 11.6. The second-order valence-corrected chi connectivity index (χ2v) is 7.74. The van der Waals surface area contributed by atoms with E-state index >= 15 is 0 Å².